The minimum Gasteiger partial charge on any atom is -0.480 e. The predicted molar refractivity (Wildman–Crippen MR) is 136 cm³/mol. The van der Waals surface area contributed by atoms with Crippen LogP contribution >= 0.6 is 0 Å². The fourth-order valence-corrected chi connectivity index (χ4v) is 4.97. The van der Waals surface area contributed by atoms with Gasteiger partial charge in [0.05, 0.1) is 0 Å². The number of fused-ring (bicyclic) bond motifs is 3. The summed E-state index contributed by atoms with van der Waals surface area (Å²) in [6, 6.07) is 15.4. The first-order valence-corrected chi connectivity index (χ1v) is 12.9. The van der Waals surface area contributed by atoms with E-state index in [9.17, 15) is 14.7 Å². The van der Waals surface area contributed by atoms with Crippen molar-refractivity contribution in [2.45, 2.75) is 83.6 Å². The maximum Gasteiger partial charge on any atom is 0.407 e. The van der Waals surface area contributed by atoms with E-state index in [1.807, 2.05) is 24.3 Å². The molecule has 2 N–H and O–H groups in total. The van der Waals surface area contributed by atoms with Crippen LogP contribution in [0.4, 0.5) is 4.79 Å². The molecular formula is C29H39NO4. The number of carbonyl (C=O) groups excluding carboxylic acids is 1. The van der Waals surface area contributed by atoms with E-state index in [0.29, 0.717) is 6.42 Å². The topological polar surface area (TPSA) is 75.6 Å². The van der Waals surface area contributed by atoms with Crippen molar-refractivity contribution in [1.82, 2.24) is 5.32 Å². The summed E-state index contributed by atoms with van der Waals surface area (Å²) >= 11 is 0. The molecule has 0 fully saturated rings. The smallest absolute Gasteiger partial charge is 0.407 e. The van der Waals surface area contributed by atoms with Crippen LogP contribution in [-0.2, 0) is 9.53 Å². The summed E-state index contributed by atoms with van der Waals surface area (Å²) in [6.07, 6.45) is 9.39. The van der Waals surface area contributed by atoms with Gasteiger partial charge in [0.25, 0.3) is 0 Å². The summed E-state index contributed by atoms with van der Waals surface area (Å²) in [6.45, 7) is 4.46. The summed E-state index contributed by atoms with van der Waals surface area (Å²) in [5, 5.41) is 12.2. The van der Waals surface area contributed by atoms with Gasteiger partial charge in [0.2, 0.25) is 0 Å². The zero-order chi connectivity index (χ0) is 24.3. The highest BCUT2D eigenvalue weighted by Crippen LogP contribution is 2.44. The second-order valence-corrected chi connectivity index (χ2v) is 9.61. The molecule has 0 saturated heterocycles. The van der Waals surface area contributed by atoms with Crippen molar-refractivity contribution in [1.29, 1.82) is 0 Å². The molecule has 0 bridgehead atoms. The van der Waals surface area contributed by atoms with Gasteiger partial charge in [0.15, 0.2) is 0 Å². The predicted octanol–water partition coefficient (Wildman–Crippen LogP) is 7.15. The van der Waals surface area contributed by atoms with E-state index in [-0.39, 0.29) is 18.4 Å². The molecule has 0 aliphatic heterocycles. The molecule has 3 rings (SSSR count). The number of benzene rings is 2. The molecule has 184 valence electrons. The normalized spacial score (nSPS) is 14.2. The number of amides is 1. The molecule has 0 radical (unpaired) electrons. The van der Waals surface area contributed by atoms with Crippen LogP contribution in [0.3, 0.4) is 0 Å². The Labute approximate surface area is 203 Å². The Hall–Kier alpha value is -2.82. The van der Waals surface area contributed by atoms with Gasteiger partial charge in [-0.2, -0.15) is 0 Å². The second-order valence-electron chi connectivity index (χ2n) is 9.61. The lowest BCUT2D eigenvalue weighted by Gasteiger charge is -2.20. The highest BCUT2D eigenvalue weighted by molar-refractivity contribution is 5.81. The van der Waals surface area contributed by atoms with Gasteiger partial charge >= 0.3 is 12.1 Å². The molecular weight excluding hydrogens is 426 g/mol. The fraction of sp³-hybridized carbons (Fsp3) is 0.517. The first kappa shape index (κ1) is 25.8. The van der Waals surface area contributed by atoms with Crippen molar-refractivity contribution in [2.24, 2.45) is 5.92 Å². The Morgan fingerprint density at radius 2 is 1.47 bits per heavy atom. The van der Waals surface area contributed by atoms with Crippen molar-refractivity contribution in [3.05, 3.63) is 59.7 Å². The summed E-state index contributed by atoms with van der Waals surface area (Å²) in [7, 11) is 0. The van der Waals surface area contributed by atoms with Gasteiger partial charge in [-0.25, -0.2) is 9.59 Å². The van der Waals surface area contributed by atoms with Crippen LogP contribution in [0.1, 0.15) is 88.7 Å². The van der Waals surface area contributed by atoms with Crippen molar-refractivity contribution in [3.8, 4) is 11.1 Å². The van der Waals surface area contributed by atoms with E-state index in [1.54, 1.807) is 0 Å². The molecule has 5 nitrogen and oxygen atoms in total. The molecule has 0 saturated carbocycles. The number of unbranched alkanes of at least 4 members (excludes halogenated alkanes) is 6. The molecule has 1 aliphatic rings. The van der Waals surface area contributed by atoms with Gasteiger partial charge < -0.3 is 15.2 Å². The number of rotatable bonds is 14. The molecule has 1 amide bonds. The number of hydrogen-bond donors (Lipinski definition) is 2. The Kier molecular flexibility index (Phi) is 9.99. The Morgan fingerprint density at radius 1 is 0.912 bits per heavy atom. The zero-order valence-corrected chi connectivity index (χ0v) is 20.6. The molecule has 1 aliphatic carbocycles. The molecule has 34 heavy (non-hydrogen) atoms. The maximum absolute atomic E-state index is 12.5. The lowest BCUT2D eigenvalue weighted by Crippen LogP contribution is -2.42. The van der Waals surface area contributed by atoms with Crippen LogP contribution in [0, 0.1) is 5.92 Å². The minimum atomic E-state index is -1.01. The second kappa shape index (κ2) is 13.2. The minimum absolute atomic E-state index is 0.0438. The Morgan fingerprint density at radius 3 is 2.06 bits per heavy atom. The third kappa shape index (κ3) is 7.09. The zero-order valence-electron chi connectivity index (χ0n) is 20.6. The van der Waals surface area contributed by atoms with Gasteiger partial charge in [0, 0.05) is 5.92 Å². The lowest BCUT2D eigenvalue weighted by molar-refractivity contribution is -0.139. The van der Waals surface area contributed by atoms with E-state index in [4.69, 9.17) is 4.74 Å². The summed E-state index contributed by atoms with van der Waals surface area (Å²) in [5.74, 6) is -0.830. The average molecular weight is 466 g/mol. The van der Waals surface area contributed by atoms with Crippen LogP contribution in [0.5, 0.6) is 0 Å². The van der Waals surface area contributed by atoms with Crippen molar-refractivity contribution in [2.75, 3.05) is 6.61 Å². The van der Waals surface area contributed by atoms with E-state index >= 15 is 0 Å². The van der Waals surface area contributed by atoms with Gasteiger partial charge in [-0.15, -0.1) is 0 Å². The largest absolute Gasteiger partial charge is 0.480 e. The quantitative estimate of drug-likeness (QED) is 0.291. The summed E-state index contributed by atoms with van der Waals surface area (Å²) in [4.78, 5) is 24.3. The van der Waals surface area contributed by atoms with E-state index in [2.05, 4.69) is 43.4 Å². The third-order valence-corrected chi connectivity index (χ3v) is 6.87. The number of nitrogens with one attached hydrogen (secondary N) is 1. The molecule has 2 aromatic rings. The fourth-order valence-electron chi connectivity index (χ4n) is 4.97. The molecule has 5 heteroatoms. The molecule has 0 heterocycles. The van der Waals surface area contributed by atoms with Crippen LogP contribution in [-0.4, -0.2) is 29.8 Å². The summed E-state index contributed by atoms with van der Waals surface area (Å²) in [5.41, 5.74) is 4.59. The van der Waals surface area contributed by atoms with E-state index in [0.717, 1.165) is 35.1 Å². The SMILES string of the molecule is CCCCCCCCCC(C)CC(NC(=O)OCC1c2ccccc2-c2ccccc21)C(=O)O. The molecule has 0 aromatic heterocycles. The summed E-state index contributed by atoms with van der Waals surface area (Å²) < 4.78 is 5.53. The van der Waals surface area contributed by atoms with Gasteiger partial charge in [-0.05, 0) is 34.6 Å². The first-order chi connectivity index (χ1) is 16.5. The van der Waals surface area contributed by atoms with Crippen molar-refractivity contribution < 1.29 is 19.4 Å². The molecule has 2 unspecified atom stereocenters. The van der Waals surface area contributed by atoms with Crippen molar-refractivity contribution >= 4 is 12.1 Å². The third-order valence-electron chi connectivity index (χ3n) is 6.87. The highest BCUT2D eigenvalue weighted by Gasteiger charge is 2.30. The maximum atomic E-state index is 12.5. The number of alkyl carbamates (subject to hydrolysis) is 1. The molecule has 2 aromatic carbocycles. The Bertz CT molecular complexity index is 896. The Balaban J connectivity index is 1.46. The van der Waals surface area contributed by atoms with E-state index in [1.165, 1.54) is 38.5 Å². The number of carbonyl (C=O) groups is 2. The highest BCUT2D eigenvalue weighted by atomic mass is 16.5. The van der Waals surface area contributed by atoms with E-state index < -0.39 is 18.1 Å². The number of hydrogen-bond acceptors (Lipinski definition) is 3. The molecule has 2 atom stereocenters. The average Bonchev–Trinajstić information content (AvgIpc) is 3.15. The number of carboxylic acid groups (broad SMARTS) is 1. The van der Waals surface area contributed by atoms with Crippen LogP contribution in [0.2, 0.25) is 0 Å². The monoisotopic (exact) mass is 465 g/mol. The van der Waals surface area contributed by atoms with Crippen LogP contribution < -0.4 is 5.32 Å². The van der Waals surface area contributed by atoms with Gasteiger partial charge in [0.1, 0.15) is 12.6 Å². The van der Waals surface area contributed by atoms with Crippen LogP contribution in [0.25, 0.3) is 11.1 Å². The lowest BCUT2D eigenvalue weighted by atomic mass is 9.95. The van der Waals surface area contributed by atoms with Gasteiger partial charge in [-0.1, -0.05) is 114 Å². The van der Waals surface area contributed by atoms with Crippen molar-refractivity contribution in [3.63, 3.8) is 0 Å². The first-order valence-electron chi connectivity index (χ1n) is 12.9. The van der Waals surface area contributed by atoms with Gasteiger partial charge in [-0.3, -0.25) is 0 Å². The number of carboxylic acids is 1. The standard InChI is InChI=1S/C29H39NO4/c1-3-4-5-6-7-8-9-14-21(2)19-27(28(31)32)30-29(33)34-20-26-24-17-12-10-15-22(24)23-16-11-13-18-25(23)26/h10-13,15-18,21,26-27H,3-9,14,19-20H2,1-2H3,(H,30,33)(H,31,32). The van der Waals surface area contributed by atoms with Crippen LogP contribution in [0.15, 0.2) is 48.5 Å². The molecule has 0 spiro atoms. The number of ether oxygens (including phenoxy) is 1. The number of aliphatic carboxylic acids is 1.